The molecule has 1 unspecified atom stereocenters. The summed E-state index contributed by atoms with van der Waals surface area (Å²) in [5, 5.41) is 14.4. The molecule has 4 rings (SSSR count). The van der Waals surface area contributed by atoms with Gasteiger partial charge < -0.3 is 9.64 Å². The largest absolute Gasteiger partial charge is 0.497 e. The number of nitrogens with zero attached hydrogens (tertiary/aromatic N) is 5. The fourth-order valence-electron chi connectivity index (χ4n) is 3.29. The van der Waals surface area contributed by atoms with Crippen LogP contribution in [0, 0.1) is 11.3 Å². The van der Waals surface area contributed by atoms with Crippen LogP contribution >= 0.6 is 0 Å². The molecule has 0 amide bonds. The Morgan fingerprint density at radius 3 is 3.04 bits per heavy atom. The van der Waals surface area contributed by atoms with E-state index in [4.69, 9.17) is 10.00 Å². The molecule has 24 heavy (non-hydrogen) atoms. The van der Waals surface area contributed by atoms with E-state index >= 15 is 0 Å². The van der Waals surface area contributed by atoms with E-state index in [9.17, 15) is 0 Å². The number of hydrogen-bond donors (Lipinski definition) is 0. The molecule has 1 fully saturated rings. The van der Waals surface area contributed by atoms with Crippen molar-refractivity contribution in [2.75, 3.05) is 25.1 Å². The molecule has 2 aromatic heterocycles. The molecule has 3 aromatic rings. The van der Waals surface area contributed by atoms with Crippen LogP contribution in [-0.4, -0.2) is 35.0 Å². The fourth-order valence-corrected chi connectivity index (χ4v) is 3.29. The molecule has 1 saturated heterocycles. The normalized spacial score (nSPS) is 17.2. The topological polar surface area (TPSA) is 67.0 Å². The first-order valence-corrected chi connectivity index (χ1v) is 7.90. The number of pyridine rings is 1. The molecule has 0 bridgehead atoms. The van der Waals surface area contributed by atoms with E-state index in [1.807, 2.05) is 41.3 Å². The highest BCUT2D eigenvalue weighted by molar-refractivity contribution is 5.92. The van der Waals surface area contributed by atoms with Gasteiger partial charge in [0.1, 0.15) is 11.8 Å². The number of anilines is 1. The Balaban J connectivity index is 1.65. The van der Waals surface area contributed by atoms with Crippen LogP contribution in [0.3, 0.4) is 0 Å². The second kappa shape index (κ2) is 5.85. The number of fused-ring (bicyclic) bond motifs is 1. The van der Waals surface area contributed by atoms with E-state index in [1.165, 1.54) is 0 Å². The molecule has 6 heteroatoms. The van der Waals surface area contributed by atoms with Crippen LogP contribution in [0.15, 0.2) is 42.9 Å². The van der Waals surface area contributed by atoms with Crippen LogP contribution in [0.5, 0.6) is 5.75 Å². The van der Waals surface area contributed by atoms with Crippen molar-refractivity contribution in [1.29, 1.82) is 5.26 Å². The van der Waals surface area contributed by atoms with Crippen molar-refractivity contribution in [2.45, 2.75) is 12.5 Å². The van der Waals surface area contributed by atoms with Crippen LogP contribution in [0.4, 0.5) is 5.69 Å². The number of rotatable bonds is 3. The molecular formula is C18H17N5O. The number of nitriles is 1. The van der Waals surface area contributed by atoms with E-state index in [-0.39, 0.29) is 6.04 Å². The Morgan fingerprint density at radius 2 is 2.25 bits per heavy atom. The van der Waals surface area contributed by atoms with Gasteiger partial charge in [-0.1, -0.05) is 0 Å². The summed E-state index contributed by atoms with van der Waals surface area (Å²) >= 11 is 0. The third-order valence-corrected chi connectivity index (χ3v) is 4.53. The lowest BCUT2D eigenvalue weighted by Gasteiger charge is -2.20. The maximum Gasteiger partial charge on any atom is 0.119 e. The van der Waals surface area contributed by atoms with Gasteiger partial charge in [-0.2, -0.15) is 10.4 Å². The van der Waals surface area contributed by atoms with Crippen LogP contribution in [0.25, 0.3) is 10.9 Å². The molecule has 0 radical (unpaired) electrons. The van der Waals surface area contributed by atoms with Crippen molar-refractivity contribution in [3.63, 3.8) is 0 Å². The maximum absolute atomic E-state index is 8.96. The third-order valence-electron chi connectivity index (χ3n) is 4.53. The zero-order chi connectivity index (χ0) is 16.5. The molecule has 3 heterocycles. The fraction of sp³-hybridized carbons (Fsp3) is 0.278. The Morgan fingerprint density at radius 1 is 1.33 bits per heavy atom. The molecule has 1 aliphatic heterocycles. The highest BCUT2D eigenvalue weighted by Crippen LogP contribution is 2.33. The lowest BCUT2D eigenvalue weighted by Crippen LogP contribution is -2.21. The predicted octanol–water partition coefficient (Wildman–Crippen LogP) is 2.76. The monoisotopic (exact) mass is 319 g/mol. The highest BCUT2D eigenvalue weighted by atomic mass is 16.5. The predicted molar refractivity (Wildman–Crippen MR) is 91.1 cm³/mol. The van der Waals surface area contributed by atoms with E-state index in [0.717, 1.165) is 41.9 Å². The van der Waals surface area contributed by atoms with Crippen LogP contribution in [-0.2, 0) is 0 Å². The van der Waals surface area contributed by atoms with Gasteiger partial charge in [0.05, 0.1) is 30.4 Å². The van der Waals surface area contributed by atoms with Crippen LogP contribution in [0.2, 0.25) is 0 Å². The standard InChI is InChI=1S/C18H17N5O/c1-24-15-2-3-17-16(8-15)18(4-6-20-17)22-7-5-14(12-22)23-11-13(9-19)10-21-23/h2-4,6,8,10-11,14H,5,7,12H2,1H3. The summed E-state index contributed by atoms with van der Waals surface area (Å²) in [5.41, 5.74) is 2.73. The van der Waals surface area contributed by atoms with E-state index < -0.39 is 0 Å². The first-order valence-electron chi connectivity index (χ1n) is 7.90. The van der Waals surface area contributed by atoms with E-state index in [0.29, 0.717) is 5.56 Å². The Labute approximate surface area is 139 Å². The molecule has 1 aromatic carbocycles. The average molecular weight is 319 g/mol. The van der Waals surface area contributed by atoms with Gasteiger partial charge in [0, 0.05) is 36.6 Å². The summed E-state index contributed by atoms with van der Waals surface area (Å²) in [4.78, 5) is 6.79. The van der Waals surface area contributed by atoms with Gasteiger partial charge >= 0.3 is 0 Å². The summed E-state index contributed by atoms with van der Waals surface area (Å²) in [6.45, 7) is 1.81. The molecule has 0 saturated carbocycles. The zero-order valence-electron chi connectivity index (χ0n) is 13.4. The summed E-state index contributed by atoms with van der Waals surface area (Å²) in [6, 6.07) is 10.4. The number of ether oxygens (including phenoxy) is 1. The summed E-state index contributed by atoms with van der Waals surface area (Å²) < 4.78 is 7.26. The molecule has 1 aliphatic rings. The minimum Gasteiger partial charge on any atom is -0.497 e. The minimum atomic E-state index is 0.279. The van der Waals surface area contributed by atoms with Crippen molar-refractivity contribution < 1.29 is 4.74 Å². The second-order valence-electron chi connectivity index (χ2n) is 5.92. The second-order valence-corrected chi connectivity index (χ2v) is 5.92. The molecule has 0 aliphatic carbocycles. The smallest absolute Gasteiger partial charge is 0.119 e. The summed E-state index contributed by atoms with van der Waals surface area (Å²) in [6.07, 6.45) is 6.29. The first kappa shape index (κ1) is 14.5. The zero-order valence-corrected chi connectivity index (χ0v) is 13.4. The SMILES string of the molecule is COc1ccc2nccc(N3CCC(n4cc(C#N)cn4)C3)c2c1. The van der Waals surface area contributed by atoms with Gasteiger partial charge in [0.15, 0.2) is 0 Å². The van der Waals surface area contributed by atoms with Gasteiger partial charge in [0.25, 0.3) is 0 Å². The van der Waals surface area contributed by atoms with Gasteiger partial charge in [-0.3, -0.25) is 9.67 Å². The number of methoxy groups -OCH3 is 1. The molecule has 1 atom stereocenters. The van der Waals surface area contributed by atoms with E-state index in [1.54, 1.807) is 13.3 Å². The third kappa shape index (κ3) is 2.44. The van der Waals surface area contributed by atoms with E-state index in [2.05, 4.69) is 21.1 Å². The highest BCUT2D eigenvalue weighted by Gasteiger charge is 2.26. The van der Waals surface area contributed by atoms with Crippen molar-refractivity contribution in [3.05, 3.63) is 48.4 Å². The quantitative estimate of drug-likeness (QED) is 0.742. The van der Waals surface area contributed by atoms with Gasteiger partial charge in [0.2, 0.25) is 0 Å². The molecule has 0 spiro atoms. The first-order chi connectivity index (χ1) is 11.8. The van der Waals surface area contributed by atoms with Crippen LogP contribution < -0.4 is 9.64 Å². The molecule has 120 valence electrons. The Kier molecular flexibility index (Phi) is 3.54. The number of aromatic nitrogens is 3. The number of hydrogen-bond acceptors (Lipinski definition) is 5. The number of benzene rings is 1. The lowest BCUT2D eigenvalue weighted by atomic mass is 10.1. The summed E-state index contributed by atoms with van der Waals surface area (Å²) in [5.74, 6) is 0.832. The molecular weight excluding hydrogens is 302 g/mol. The van der Waals surface area contributed by atoms with Gasteiger partial charge in [-0.15, -0.1) is 0 Å². The average Bonchev–Trinajstić information content (AvgIpc) is 3.29. The van der Waals surface area contributed by atoms with Crippen molar-refractivity contribution in [2.24, 2.45) is 0 Å². The van der Waals surface area contributed by atoms with Crippen molar-refractivity contribution in [3.8, 4) is 11.8 Å². The van der Waals surface area contributed by atoms with Gasteiger partial charge in [-0.25, -0.2) is 0 Å². The maximum atomic E-state index is 8.96. The van der Waals surface area contributed by atoms with Crippen molar-refractivity contribution in [1.82, 2.24) is 14.8 Å². The Bertz CT molecular complexity index is 927. The lowest BCUT2D eigenvalue weighted by molar-refractivity contribution is 0.415. The van der Waals surface area contributed by atoms with Crippen LogP contribution in [0.1, 0.15) is 18.0 Å². The Hall–Kier alpha value is -3.07. The molecule has 6 nitrogen and oxygen atoms in total. The summed E-state index contributed by atoms with van der Waals surface area (Å²) in [7, 11) is 1.67. The van der Waals surface area contributed by atoms with Gasteiger partial charge in [-0.05, 0) is 30.7 Å². The minimum absolute atomic E-state index is 0.279. The molecule has 0 N–H and O–H groups in total. The van der Waals surface area contributed by atoms with Crippen molar-refractivity contribution >= 4 is 16.6 Å².